The van der Waals surface area contributed by atoms with Crippen molar-refractivity contribution in [2.45, 2.75) is 16.2 Å². The molecule has 0 aromatic heterocycles. The molecule has 0 N–H and O–H groups in total. The van der Waals surface area contributed by atoms with E-state index in [9.17, 15) is 16.8 Å². The second-order valence-electron chi connectivity index (χ2n) is 3.24. The van der Waals surface area contributed by atoms with Crippen molar-refractivity contribution in [3.8, 4) is 0 Å². The smallest absolute Gasteiger partial charge is 0.224 e. The van der Waals surface area contributed by atoms with Crippen LogP contribution in [0.1, 0.15) is 5.56 Å². The number of fused-ring (bicyclic) bond motifs is 1. The van der Waals surface area contributed by atoms with Gasteiger partial charge >= 0.3 is 0 Å². The Hall–Kier alpha value is -0.590. The second kappa shape index (κ2) is 3.20. The highest BCUT2D eigenvalue weighted by Gasteiger charge is 2.31. The van der Waals surface area contributed by atoms with E-state index in [-0.39, 0.29) is 22.0 Å². The summed E-state index contributed by atoms with van der Waals surface area (Å²) >= 11 is 0. The quantitative estimate of drug-likeness (QED) is 0.710. The lowest BCUT2D eigenvalue weighted by Gasteiger charge is -2.02. The highest BCUT2D eigenvalue weighted by molar-refractivity contribution is 8.13. The Bertz CT molecular complexity index is 616. The van der Waals surface area contributed by atoms with E-state index in [1.54, 1.807) is 0 Å². The Morgan fingerprint density at radius 1 is 1.27 bits per heavy atom. The number of sulfone groups is 1. The lowest BCUT2D eigenvalue weighted by atomic mass is 10.2. The van der Waals surface area contributed by atoms with E-state index in [0.717, 1.165) is 0 Å². The molecule has 0 atom stereocenters. The summed E-state index contributed by atoms with van der Waals surface area (Å²) < 4.78 is 45.3. The summed E-state index contributed by atoms with van der Waals surface area (Å²) in [5, 5.41) is 0. The van der Waals surface area contributed by atoms with Crippen molar-refractivity contribution in [2.24, 2.45) is 0 Å². The normalized spacial score (nSPS) is 18.7. The average Bonchev–Trinajstić information content (AvgIpc) is 2.41. The van der Waals surface area contributed by atoms with E-state index in [4.69, 9.17) is 10.7 Å². The molecule has 2 rings (SSSR count). The van der Waals surface area contributed by atoms with Crippen LogP contribution in [0.3, 0.4) is 0 Å². The van der Waals surface area contributed by atoms with Crippen LogP contribution < -0.4 is 0 Å². The Labute approximate surface area is 92.2 Å². The fraction of sp³-hybridized carbons (Fsp3) is 0.250. The summed E-state index contributed by atoms with van der Waals surface area (Å²) in [4.78, 5) is -0.00744. The van der Waals surface area contributed by atoms with Crippen molar-refractivity contribution in [3.63, 3.8) is 0 Å². The molecule has 1 aromatic carbocycles. The van der Waals surface area contributed by atoms with E-state index in [1.807, 2.05) is 0 Å². The van der Waals surface area contributed by atoms with Crippen LogP contribution in [0.5, 0.6) is 0 Å². The highest BCUT2D eigenvalue weighted by atomic mass is 35.7. The molecule has 0 bridgehead atoms. The third-order valence-electron chi connectivity index (χ3n) is 2.31. The molecule has 1 aliphatic rings. The summed E-state index contributed by atoms with van der Waals surface area (Å²) in [6.45, 7) is 0. The number of benzene rings is 1. The zero-order valence-electron chi connectivity index (χ0n) is 7.47. The fourth-order valence-electron chi connectivity index (χ4n) is 1.66. The van der Waals surface area contributed by atoms with Gasteiger partial charge in [0.2, 0.25) is 0 Å². The van der Waals surface area contributed by atoms with Crippen molar-refractivity contribution in [2.75, 3.05) is 5.75 Å². The predicted octanol–water partition coefficient (Wildman–Crippen LogP) is 0.944. The summed E-state index contributed by atoms with van der Waals surface area (Å²) in [6, 6.07) is 4.11. The molecule has 0 unspecified atom stereocenters. The van der Waals surface area contributed by atoms with Crippen molar-refractivity contribution in [3.05, 3.63) is 23.8 Å². The van der Waals surface area contributed by atoms with Gasteiger partial charge < -0.3 is 0 Å². The van der Waals surface area contributed by atoms with Gasteiger partial charge in [0.15, 0.2) is 9.84 Å². The monoisotopic (exact) mass is 266 g/mol. The molecular weight excluding hydrogens is 260 g/mol. The molecule has 15 heavy (non-hydrogen) atoms. The molecule has 0 spiro atoms. The molecule has 4 nitrogen and oxygen atoms in total. The van der Waals surface area contributed by atoms with Crippen LogP contribution in [-0.4, -0.2) is 22.6 Å². The van der Waals surface area contributed by atoms with E-state index in [1.165, 1.54) is 18.2 Å². The zero-order valence-corrected chi connectivity index (χ0v) is 9.86. The maximum atomic E-state index is 11.5. The van der Waals surface area contributed by atoms with E-state index in [0.29, 0.717) is 5.56 Å². The van der Waals surface area contributed by atoms with Crippen LogP contribution in [0.15, 0.2) is 28.0 Å². The maximum Gasteiger partial charge on any atom is 0.261 e. The number of hydrogen-bond acceptors (Lipinski definition) is 4. The Balaban J connectivity index is 2.82. The standard InChI is InChI=1S/C8H7ClO4S2/c9-15(12,13)8-3-1-2-7-6(8)4-5-14(7,10)11/h1-3H,4-5H2. The second-order valence-corrected chi connectivity index (χ2v) is 7.85. The molecule has 0 amide bonds. The molecular formula is C8H7ClO4S2. The number of rotatable bonds is 1. The number of hydrogen-bond donors (Lipinski definition) is 0. The van der Waals surface area contributed by atoms with E-state index >= 15 is 0 Å². The van der Waals surface area contributed by atoms with Crippen LogP contribution in [0.25, 0.3) is 0 Å². The Morgan fingerprint density at radius 2 is 1.93 bits per heavy atom. The summed E-state index contributed by atoms with van der Waals surface area (Å²) in [5.41, 5.74) is 0.313. The van der Waals surface area contributed by atoms with Crippen molar-refractivity contribution in [1.82, 2.24) is 0 Å². The van der Waals surface area contributed by atoms with Gasteiger partial charge in [-0.15, -0.1) is 0 Å². The largest absolute Gasteiger partial charge is 0.261 e. The van der Waals surface area contributed by atoms with Gasteiger partial charge in [0.05, 0.1) is 15.5 Å². The molecule has 7 heteroatoms. The van der Waals surface area contributed by atoms with Crippen molar-refractivity contribution < 1.29 is 16.8 Å². The molecule has 1 aromatic rings. The van der Waals surface area contributed by atoms with Crippen LogP contribution in [-0.2, 0) is 25.3 Å². The third kappa shape index (κ3) is 1.77. The van der Waals surface area contributed by atoms with Gasteiger partial charge in [-0.2, -0.15) is 0 Å². The molecule has 82 valence electrons. The Kier molecular flexibility index (Phi) is 2.33. The SMILES string of the molecule is O=S(=O)(Cl)c1cccc2c1CCS2(=O)=O. The van der Waals surface area contributed by atoms with Crippen LogP contribution in [0.2, 0.25) is 0 Å². The summed E-state index contributed by atoms with van der Waals surface area (Å²) in [7, 11) is -1.97. The molecule has 0 aliphatic carbocycles. The summed E-state index contributed by atoms with van der Waals surface area (Å²) in [6.07, 6.45) is 0.208. The lowest BCUT2D eigenvalue weighted by Crippen LogP contribution is -1.99. The van der Waals surface area contributed by atoms with E-state index in [2.05, 4.69) is 0 Å². The van der Waals surface area contributed by atoms with Gasteiger partial charge in [-0.1, -0.05) is 6.07 Å². The van der Waals surface area contributed by atoms with Crippen LogP contribution in [0, 0.1) is 0 Å². The highest BCUT2D eigenvalue weighted by Crippen LogP contribution is 2.32. The minimum absolute atomic E-state index is 0.0498. The average molecular weight is 267 g/mol. The van der Waals surface area contributed by atoms with Crippen molar-refractivity contribution >= 4 is 29.6 Å². The fourth-order valence-corrected chi connectivity index (χ4v) is 4.47. The van der Waals surface area contributed by atoms with Crippen LogP contribution >= 0.6 is 10.7 Å². The first-order chi connectivity index (χ1) is 6.82. The van der Waals surface area contributed by atoms with Crippen LogP contribution in [0.4, 0.5) is 0 Å². The summed E-state index contributed by atoms with van der Waals surface area (Å²) in [5.74, 6) is -0.0498. The molecule has 0 saturated carbocycles. The minimum Gasteiger partial charge on any atom is -0.224 e. The topological polar surface area (TPSA) is 68.3 Å². The first kappa shape index (κ1) is 10.9. The zero-order chi connectivity index (χ0) is 11.3. The van der Waals surface area contributed by atoms with Gasteiger partial charge in [-0.25, -0.2) is 16.8 Å². The lowest BCUT2D eigenvalue weighted by molar-refractivity contribution is 0.600. The molecule has 0 radical (unpaired) electrons. The Morgan fingerprint density at radius 3 is 2.53 bits per heavy atom. The van der Waals surface area contributed by atoms with Gasteiger partial charge in [0.25, 0.3) is 9.05 Å². The maximum absolute atomic E-state index is 11.5. The molecule has 1 heterocycles. The molecule has 1 aliphatic heterocycles. The third-order valence-corrected chi connectivity index (χ3v) is 5.51. The van der Waals surface area contributed by atoms with Gasteiger partial charge in [-0.3, -0.25) is 0 Å². The van der Waals surface area contributed by atoms with Crippen molar-refractivity contribution in [1.29, 1.82) is 0 Å². The first-order valence-electron chi connectivity index (χ1n) is 4.12. The van der Waals surface area contributed by atoms with E-state index < -0.39 is 18.9 Å². The number of halogens is 1. The molecule has 0 fully saturated rings. The minimum atomic E-state index is -3.87. The van der Waals surface area contributed by atoms with Gasteiger partial charge in [0, 0.05) is 10.7 Å². The van der Waals surface area contributed by atoms with Gasteiger partial charge in [-0.05, 0) is 24.1 Å². The van der Waals surface area contributed by atoms with Gasteiger partial charge in [0.1, 0.15) is 0 Å². The first-order valence-corrected chi connectivity index (χ1v) is 8.08. The molecule has 0 saturated heterocycles. The predicted molar refractivity (Wildman–Crippen MR) is 55.2 cm³/mol.